The number of amides is 2. The van der Waals surface area contributed by atoms with Crippen molar-refractivity contribution in [1.82, 2.24) is 15.8 Å². The van der Waals surface area contributed by atoms with Crippen molar-refractivity contribution in [3.63, 3.8) is 0 Å². The molecule has 22 heavy (non-hydrogen) atoms. The lowest BCUT2D eigenvalue weighted by Gasteiger charge is -2.09. The van der Waals surface area contributed by atoms with Gasteiger partial charge in [0, 0.05) is 23.1 Å². The van der Waals surface area contributed by atoms with Gasteiger partial charge in [0.2, 0.25) is 11.8 Å². The monoisotopic (exact) mass is 319 g/mol. The van der Waals surface area contributed by atoms with Crippen LogP contribution in [-0.4, -0.2) is 23.0 Å². The highest BCUT2D eigenvalue weighted by Gasteiger charge is 2.26. The highest BCUT2D eigenvalue weighted by molar-refractivity contribution is 6.30. The maximum atomic E-state index is 11.9. The lowest BCUT2D eigenvalue weighted by Crippen LogP contribution is -2.41. The van der Waals surface area contributed by atoms with Gasteiger partial charge in [0.05, 0.1) is 6.54 Å². The van der Waals surface area contributed by atoms with Crippen LogP contribution in [-0.2, 0) is 16.1 Å². The van der Waals surface area contributed by atoms with Crippen LogP contribution in [0, 0.1) is 0 Å². The van der Waals surface area contributed by atoms with Gasteiger partial charge >= 0.3 is 0 Å². The van der Waals surface area contributed by atoms with E-state index in [1.807, 2.05) is 12.1 Å². The first-order valence-electron chi connectivity index (χ1n) is 6.90. The smallest absolute Gasteiger partial charge is 0.242 e. The molecule has 0 aliphatic carbocycles. The molecule has 6 nitrogen and oxygen atoms in total. The third-order valence-corrected chi connectivity index (χ3v) is 3.70. The van der Waals surface area contributed by atoms with E-state index in [4.69, 9.17) is 16.1 Å². The predicted molar refractivity (Wildman–Crippen MR) is 80.0 cm³/mol. The maximum Gasteiger partial charge on any atom is 0.242 e. The molecule has 1 aliphatic heterocycles. The molecule has 1 aliphatic rings. The summed E-state index contributed by atoms with van der Waals surface area (Å²) in [6.45, 7) is 0.252. The van der Waals surface area contributed by atoms with Crippen LogP contribution in [0.15, 0.2) is 34.9 Å². The Morgan fingerprint density at radius 1 is 1.41 bits per heavy atom. The molecule has 114 valence electrons. The number of halogens is 1. The van der Waals surface area contributed by atoms with Gasteiger partial charge in [0.1, 0.15) is 11.7 Å². The van der Waals surface area contributed by atoms with Gasteiger partial charge in [0.15, 0.2) is 5.76 Å². The van der Waals surface area contributed by atoms with Crippen molar-refractivity contribution in [1.29, 1.82) is 0 Å². The minimum Gasteiger partial charge on any atom is -0.356 e. The standard InChI is InChI=1S/C15H14ClN3O3/c16-10-3-1-9(2-4-10)13-7-11(19-22-13)8-17-15(21)12-5-6-14(20)18-12/h1-4,7,12H,5-6,8H2,(H,17,21)(H,18,20)/t12-/m0/s1. The second-order valence-electron chi connectivity index (χ2n) is 5.07. The third kappa shape index (κ3) is 3.28. The summed E-state index contributed by atoms with van der Waals surface area (Å²) in [5.41, 5.74) is 1.47. The number of hydrogen-bond acceptors (Lipinski definition) is 4. The van der Waals surface area contributed by atoms with E-state index in [-0.39, 0.29) is 18.4 Å². The van der Waals surface area contributed by atoms with Crippen LogP contribution in [0.5, 0.6) is 0 Å². The molecule has 1 atom stereocenters. The minimum absolute atomic E-state index is 0.0911. The topological polar surface area (TPSA) is 84.2 Å². The number of benzene rings is 1. The molecule has 7 heteroatoms. The molecule has 3 rings (SSSR count). The number of aromatic nitrogens is 1. The number of rotatable bonds is 4. The maximum absolute atomic E-state index is 11.9. The Hall–Kier alpha value is -2.34. The third-order valence-electron chi connectivity index (χ3n) is 3.44. The van der Waals surface area contributed by atoms with Crippen LogP contribution in [0.25, 0.3) is 11.3 Å². The Balaban J connectivity index is 1.59. The number of nitrogens with zero attached hydrogens (tertiary/aromatic N) is 1. The summed E-state index contributed by atoms with van der Waals surface area (Å²) in [5.74, 6) is 0.309. The summed E-state index contributed by atoms with van der Waals surface area (Å²) in [6, 6.07) is 8.51. The van der Waals surface area contributed by atoms with Crippen LogP contribution in [0.4, 0.5) is 0 Å². The van der Waals surface area contributed by atoms with Crippen LogP contribution in [0.3, 0.4) is 0 Å². The fourth-order valence-corrected chi connectivity index (χ4v) is 2.38. The van der Waals surface area contributed by atoms with Gasteiger partial charge in [-0.3, -0.25) is 9.59 Å². The van der Waals surface area contributed by atoms with Gasteiger partial charge in [0.25, 0.3) is 0 Å². The largest absolute Gasteiger partial charge is 0.356 e. The predicted octanol–water partition coefficient (Wildman–Crippen LogP) is 1.89. The van der Waals surface area contributed by atoms with Crippen molar-refractivity contribution in [3.05, 3.63) is 41.0 Å². The van der Waals surface area contributed by atoms with Crippen LogP contribution in [0.1, 0.15) is 18.5 Å². The van der Waals surface area contributed by atoms with Crippen LogP contribution < -0.4 is 10.6 Å². The summed E-state index contributed by atoms with van der Waals surface area (Å²) < 4.78 is 5.25. The summed E-state index contributed by atoms with van der Waals surface area (Å²) >= 11 is 5.84. The van der Waals surface area contributed by atoms with Crippen molar-refractivity contribution >= 4 is 23.4 Å². The van der Waals surface area contributed by atoms with Crippen molar-refractivity contribution in [3.8, 4) is 11.3 Å². The normalized spacial score (nSPS) is 17.3. The SMILES string of the molecule is O=C1CC[C@@H](C(=O)NCc2cc(-c3ccc(Cl)cc3)on2)N1. The average Bonchev–Trinajstić information content (AvgIpc) is 3.15. The van der Waals surface area contributed by atoms with Crippen LogP contribution >= 0.6 is 11.6 Å². The summed E-state index contributed by atoms with van der Waals surface area (Å²) in [7, 11) is 0. The first kappa shape index (κ1) is 14.6. The highest BCUT2D eigenvalue weighted by Crippen LogP contribution is 2.22. The van der Waals surface area contributed by atoms with E-state index in [2.05, 4.69) is 15.8 Å². The van der Waals surface area contributed by atoms with Crippen molar-refractivity contribution in [2.24, 2.45) is 0 Å². The molecule has 0 saturated carbocycles. The molecular formula is C15H14ClN3O3. The Kier molecular flexibility index (Phi) is 4.11. The molecule has 2 N–H and O–H groups in total. The van der Waals surface area contributed by atoms with Crippen LogP contribution in [0.2, 0.25) is 5.02 Å². The number of hydrogen-bond donors (Lipinski definition) is 2. The first-order valence-corrected chi connectivity index (χ1v) is 7.28. The minimum atomic E-state index is -0.449. The van der Waals surface area contributed by atoms with Crippen molar-refractivity contribution in [2.45, 2.75) is 25.4 Å². The molecule has 2 amide bonds. The number of carbonyl (C=O) groups excluding carboxylic acids is 2. The van der Waals surface area contributed by atoms with E-state index in [9.17, 15) is 9.59 Å². The van der Waals surface area contributed by atoms with E-state index < -0.39 is 6.04 Å². The Morgan fingerprint density at radius 3 is 2.86 bits per heavy atom. The number of nitrogens with one attached hydrogen (secondary N) is 2. The van der Waals surface area contributed by atoms with Gasteiger partial charge < -0.3 is 15.2 Å². The Labute approximate surface area is 131 Å². The van der Waals surface area contributed by atoms with E-state index in [0.29, 0.717) is 29.3 Å². The molecule has 1 saturated heterocycles. The molecule has 0 radical (unpaired) electrons. The number of carbonyl (C=O) groups is 2. The molecule has 1 fully saturated rings. The lowest BCUT2D eigenvalue weighted by atomic mass is 10.1. The Morgan fingerprint density at radius 2 is 2.18 bits per heavy atom. The van der Waals surface area contributed by atoms with Gasteiger partial charge in [-0.1, -0.05) is 16.8 Å². The van der Waals surface area contributed by atoms with Crippen molar-refractivity contribution in [2.75, 3.05) is 0 Å². The fourth-order valence-electron chi connectivity index (χ4n) is 2.26. The molecule has 2 aromatic rings. The van der Waals surface area contributed by atoms with E-state index in [1.165, 1.54) is 0 Å². The summed E-state index contributed by atoms with van der Waals surface area (Å²) in [5, 5.41) is 9.92. The summed E-state index contributed by atoms with van der Waals surface area (Å²) in [4.78, 5) is 23.0. The molecule has 1 aromatic heterocycles. The van der Waals surface area contributed by atoms with E-state index in [0.717, 1.165) is 5.56 Å². The zero-order chi connectivity index (χ0) is 15.5. The lowest BCUT2D eigenvalue weighted by molar-refractivity contribution is -0.125. The average molecular weight is 320 g/mol. The van der Waals surface area contributed by atoms with Crippen molar-refractivity contribution < 1.29 is 14.1 Å². The highest BCUT2D eigenvalue weighted by atomic mass is 35.5. The zero-order valence-corrected chi connectivity index (χ0v) is 12.4. The quantitative estimate of drug-likeness (QED) is 0.901. The molecule has 0 unspecified atom stereocenters. The second-order valence-corrected chi connectivity index (χ2v) is 5.50. The molecular weight excluding hydrogens is 306 g/mol. The molecule has 0 spiro atoms. The fraction of sp³-hybridized carbons (Fsp3) is 0.267. The van der Waals surface area contributed by atoms with Gasteiger partial charge in [-0.2, -0.15) is 0 Å². The van der Waals surface area contributed by atoms with Gasteiger partial charge in [-0.25, -0.2) is 0 Å². The second kappa shape index (κ2) is 6.19. The molecule has 1 aromatic carbocycles. The Bertz CT molecular complexity index is 696. The first-order chi connectivity index (χ1) is 10.6. The van der Waals surface area contributed by atoms with Gasteiger partial charge in [-0.05, 0) is 30.7 Å². The molecule has 0 bridgehead atoms. The van der Waals surface area contributed by atoms with E-state index in [1.54, 1.807) is 18.2 Å². The zero-order valence-electron chi connectivity index (χ0n) is 11.6. The molecule has 2 heterocycles. The summed E-state index contributed by atoms with van der Waals surface area (Å²) in [6.07, 6.45) is 0.919. The van der Waals surface area contributed by atoms with Gasteiger partial charge in [-0.15, -0.1) is 0 Å². The van der Waals surface area contributed by atoms with E-state index >= 15 is 0 Å².